The van der Waals surface area contributed by atoms with Gasteiger partial charge in [0.1, 0.15) is 6.04 Å². The number of carbonyl (C=O) groups excluding carboxylic acids is 7. The van der Waals surface area contributed by atoms with E-state index in [2.05, 4.69) is 45.1 Å². The Hall–Kier alpha value is -9.20. The van der Waals surface area contributed by atoms with Crippen molar-refractivity contribution in [2.24, 2.45) is 10.5 Å². The molecule has 0 heterocycles. The number of terminal acetylenes is 2. The van der Waals surface area contributed by atoms with E-state index in [1.165, 1.54) is 13.8 Å². The van der Waals surface area contributed by atoms with Crippen molar-refractivity contribution < 1.29 is 103 Å². The number of carboxylic acid groups (broad SMARTS) is 6. The van der Waals surface area contributed by atoms with Crippen molar-refractivity contribution >= 4 is 105 Å². The standard InChI is InChI=1S/C26H33N3O8S2.C10H13NO6.C8H8N4O5.C7H13NO2.5CH4/c1-5-6-12-25(3,23(36)27-13-16(2)30)15-26(4,39-22(38)17-10-8-7-9-11-17)24(37)28-14-18(31)29-19(20(32)33)21(34)35;1-5(2)6(12)3-4-7(13)11-8(9(14)15)10(16)17;1-2-4(11-12-9)3-5(13)10-6(7(14)15)8(16)17;1-5(2)7(10)8-4-6(3)9;;;;;/h1,7-11,16,19,30H,6,12-15H2,2-4H3,(H,27,36)(H,28,37)(H,29,31)(H,32,33)(H,34,35);8H,1,3-4H2,2H3,(H,11,13)(H,14,15)(H,16,17);1,4,6H,3H2,(H,10,13)(H,14,15)(H,16,17);6,9H,1,4H2,2-3H3,(H,8,10);5*1H4. The lowest BCUT2D eigenvalue weighted by molar-refractivity contribution is -0.154. The Morgan fingerprint density at radius 2 is 1.08 bits per heavy atom. The zero-order valence-corrected chi connectivity index (χ0v) is 47.5. The highest BCUT2D eigenvalue weighted by atomic mass is 32.2. The Morgan fingerprint density at radius 1 is 0.659 bits per heavy atom. The number of hydrogen-bond donors (Lipinski definition) is 14. The van der Waals surface area contributed by atoms with E-state index in [4.69, 9.17) is 66.3 Å². The van der Waals surface area contributed by atoms with Gasteiger partial charge in [0.25, 0.3) is 0 Å². The number of aliphatic hydroxyl groups excluding tert-OH is 2. The van der Waals surface area contributed by atoms with E-state index in [-0.39, 0.29) is 99.6 Å². The molecular formula is C56H87N9O21S2. The number of amides is 6. The lowest BCUT2D eigenvalue weighted by atomic mass is 9.76. The number of Topliss-reactive ketones (excluding diaryl/α,β-unsaturated/α-hetero) is 1. The summed E-state index contributed by atoms with van der Waals surface area (Å²) in [6.07, 6.45) is 8.53. The maximum Gasteiger partial charge on any atom is 0.338 e. The number of benzene rings is 1. The molecule has 0 saturated carbocycles. The number of allylic oxidation sites excluding steroid dienone is 1. The van der Waals surface area contributed by atoms with Crippen LogP contribution in [0.3, 0.4) is 0 Å². The number of aliphatic carboxylic acids is 6. The van der Waals surface area contributed by atoms with Gasteiger partial charge in [-0.1, -0.05) is 123 Å². The molecule has 0 aliphatic rings. The van der Waals surface area contributed by atoms with E-state index < -0.39 is 125 Å². The molecule has 0 aromatic heterocycles. The van der Waals surface area contributed by atoms with Crippen molar-refractivity contribution in [3.8, 4) is 24.7 Å². The maximum absolute atomic E-state index is 13.5. The number of carbonyl (C=O) groups is 13. The minimum atomic E-state index is -2.19. The average Bonchev–Trinajstić information content (AvgIpc) is 2.32. The van der Waals surface area contributed by atoms with Crippen LogP contribution < -0.4 is 31.9 Å². The fourth-order valence-corrected chi connectivity index (χ4v) is 7.64. The van der Waals surface area contributed by atoms with Crippen molar-refractivity contribution in [3.63, 3.8) is 0 Å². The maximum atomic E-state index is 13.5. The summed E-state index contributed by atoms with van der Waals surface area (Å²) < 4.78 is -1.09. The van der Waals surface area contributed by atoms with E-state index >= 15 is 0 Å². The quantitative estimate of drug-likeness (QED) is 0.00966. The number of hydrogen-bond acceptors (Lipinski definition) is 18. The molecule has 5 atom stereocenters. The number of carboxylic acids is 6. The Kier molecular flexibility index (Phi) is 53.0. The molecule has 0 aliphatic heterocycles. The largest absolute Gasteiger partial charge is 0.479 e. The number of rotatable bonds is 31. The van der Waals surface area contributed by atoms with Crippen LogP contribution in [0.1, 0.15) is 123 Å². The molecule has 1 aromatic rings. The molecule has 14 N–H and O–H groups in total. The van der Waals surface area contributed by atoms with Gasteiger partial charge in [-0.25, -0.2) is 28.8 Å². The average molecular weight is 1290 g/mol. The van der Waals surface area contributed by atoms with Crippen LogP contribution in [0.15, 0.2) is 59.8 Å². The first-order valence-corrected chi connectivity index (χ1v) is 25.1. The zero-order valence-electron chi connectivity index (χ0n) is 45.8. The number of ketones is 1. The molecule has 0 aliphatic carbocycles. The second-order valence-corrected chi connectivity index (χ2v) is 20.0. The molecular weight excluding hydrogens is 1200 g/mol. The van der Waals surface area contributed by atoms with Crippen molar-refractivity contribution in [2.45, 2.75) is 158 Å². The smallest absolute Gasteiger partial charge is 0.338 e. The van der Waals surface area contributed by atoms with Crippen LogP contribution in [0.25, 0.3) is 10.4 Å². The first-order valence-electron chi connectivity index (χ1n) is 23.9. The van der Waals surface area contributed by atoms with Crippen LogP contribution >= 0.6 is 24.0 Å². The van der Waals surface area contributed by atoms with E-state index in [0.717, 1.165) is 11.8 Å². The second-order valence-electron chi connectivity index (χ2n) is 17.8. The monoisotopic (exact) mass is 1290 g/mol. The van der Waals surface area contributed by atoms with E-state index in [0.29, 0.717) is 15.3 Å². The summed E-state index contributed by atoms with van der Waals surface area (Å²) in [4.78, 5) is 149. The predicted molar refractivity (Wildman–Crippen MR) is 333 cm³/mol. The van der Waals surface area contributed by atoms with Crippen LogP contribution in [0.5, 0.6) is 0 Å². The zero-order chi connectivity index (χ0) is 65.0. The summed E-state index contributed by atoms with van der Waals surface area (Å²) in [6, 6.07) is 1.50. The fraction of sp³-hybridized carbons (Fsp3) is 0.500. The number of azide groups is 1. The Bertz CT molecular complexity index is 2660. The van der Waals surface area contributed by atoms with Crippen molar-refractivity contribution in [2.75, 3.05) is 19.6 Å². The molecule has 88 heavy (non-hydrogen) atoms. The van der Waals surface area contributed by atoms with Crippen molar-refractivity contribution in [1.82, 2.24) is 31.9 Å². The summed E-state index contributed by atoms with van der Waals surface area (Å²) in [5.74, 6) is -10.3. The van der Waals surface area contributed by atoms with Crippen LogP contribution in [0.4, 0.5) is 0 Å². The van der Waals surface area contributed by atoms with Crippen LogP contribution in [-0.2, 0) is 62.3 Å². The highest BCUT2D eigenvalue weighted by Gasteiger charge is 2.46. The first-order chi connectivity index (χ1) is 38.4. The van der Waals surface area contributed by atoms with Gasteiger partial charge in [0.05, 0.1) is 27.7 Å². The summed E-state index contributed by atoms with van der Waals surface area (Å²) in [6.45, 7) is 15.8. The summed E-state index contributed by atoms with van der Waals surface area (Å²) in [5.41, 5.74) is 8.29. The van der Waals surface area contributed by atoms with Gasteiger partial charge < -0.3 is 72.8 Å². The minimum absolute atomic E-state index is 0. The molecule has 30 nitrogen and oxygen atoms in total. The Balaban J connectivity index is -0.000000182. The minimum Gasteiger partial charge on any atom is -0.479 e. The molecule has 6 amide bonds. The molecule has 0 fully saturated rings. The van der Waals surface area contributed by atoms with Crippen molar-refractivity contribution in [1.29, 1.82) is 0 Å². The summed E-state index contributed by atoms with van der Waals surface area (Å²) >= 11 is 6.58. The number of aliphatic hydroxyl groups is 2. The molecule has 0 spiro atoms. The van der Waals surface area contributed by atoms with Gasteiger partial charge in [-0.15, -0.1) is 18.8 Å². The highest BCUT2D eigenvalue weighted by molar-refractivity contribution is 8.25. The molecule has 32 heteroatoms. The molecule has 494 valence electrons. The first kappa shape index (κ1) is 95.2. The van der Waals surface area contributed by atoms with Gasteiger partial charge in [0.2, 0.25) is 53.6 Å². The van der Waals surface area contributed by atoms with Gasteiger partial charge >= 0.3 is 35.8 Å². The summed E-state index contributed by atoms with van der Waals surface area (Å²) in [7, 11) is 0. The lowest BCUT2D eigenvalue weighted by Crippen LogP contribution is -2.53. The Morgan fingerprint density at radius 3 is 1.45 bits per heavy atom. The second kappa shape index (κ2) is 49.0. The molecule has 1 rings (SSSR count). The normalized spacial score (nSPS) is 11.8. The molecule has 1 aromatic carbocycles. The van der Waals surface area contributed by atoms with Gasteiger partial charge in [-0.3, -0.25) is 33.6 Å². The molecule has 0 saturated heterocycles. The topological polar surface area (TPSA) is 505 Å². The predicted octanol–water partition coefficient (Wildman–Crippen LogP) is 3.08. The van der Waals surface area contributed by atoms with E-state index in [1.807, 2.05) is 11.2 Å². The van der Waals surface area contributed by atoms with Crippen LogP contribution in [0.2, 0.25) is 0 Å². The number of nitrogens with zero attached hydrogens (tertiary/aromatic N) is 3. The third kappa shape index (κ3) is 41.0. The van der Waals surface area contributed by atoms with Gasteiger partial charge in [0.15, 0.2) is 5.78 Å². The lowest BCUT2D eigenvalue weighted by Gasteiger charge is -2.37. The molecule has 5 unspecified atom stereocenters. The number of thiocarbonyl (C=S) groups is 1. The van der Waals surface area contributed by atoms with Crippen LogP contribution in [-0.4, -0.2) is 183 Å². The van der Waals surface area contributed by atoms with E-state index in [1.54, 1.807) is 68.7 Å². The highest BCUT2D eigenvalue weighted by Crippen LogP contribution is 2.42. The SMILES string of the molecule is C.C.C.C.C.C#CC(CC(=O)NC(C(=O)O)C(=O)O)N=[N+]=[N-].C#CCCC(C)(CC(C)(SC(=S)c1ccccc1)C(=O)NCC(=O)NC(C(=O)O)C(=O)O)C(=O)NCC(C)O.C=C(C)C(=O)CCC(=O)NC(C(=O)O)C(=O)O.C=C(C)C(=O)NCC(C)O. The van der Waals surface area contributed by atoms with Crippen molar-refractivity contribution in [3.05, 3.63) is 70.6 Å². The Labute approximate surface area is 522 Å². The summed E-state index contributed by atoms with van der Waals surface area (Å²) in [5, 5.41) is 86.1. The molecule has 0 radical (unpaired) electrons. The number of nitrogens with one attached hydrogen (secondary N) is 6. The third-order valence-electron chi connectivity index (χ3n) is 10.0. The fourth-order valence-electron chi connectivity index (χ4n) is 5.73. The van der Waals surface area contributed by atoms with E-state index in [9.17, 15) is 67.4 Å². The number of thioether (sulfide) groups is 1. The van der Waals surface area contributed by atoms with Gasteiger partial charge in [-0.2, -0.15) is 0 Å². The van der Waals surface area contributed by atoms with Gasteiger partial charge in [0, 0.05) is 54.7 Å². The van der Waals surface area contributed by atoms with Crippen LogP contribution in [0, 0.1) is 30.1 Å². The molecule has 0 bridgehead atoms. The van der Waals surface area contributed by atoms with Gasteiger partial charge in [-0.05, 0) is 64.1 Å². The third-order valence-corrected chi connectivity index (χ3v) is 11.7.